The summed E-state index contributed by atoms with van der Waals surface area (Å²) in [4.78, 5) is 32.1. The molecular weight excluding hydrogens is 504 g/mol. The van der Waals surface area contributed by atoms with Gasteiger partial charge in [-0.05, 0) is 97.5 Å². The van der Waals surface area contributed by atoms with E-state index in [2.05, 4.69) is 15.4 Å². The van der Waals surface area contributed by atoms with Crippen LogP contribution in [0.25, 0.3) is 0 Å². The van der Waals surface area contributed by atoms with Crippen LogP contribution >= 0.6 is 0 Å². The number of aryl methyl sites for hydroxylation is 1. The van der Waals surface area contributed by atoms with E-state index in [0.717, 1.165) is 11.1 Å². The molecule has 2 atom stereocenters. The predicted molar refractivity (Wildman–Crippen MR) is 140 cm³/mol. The van der Waals surface area contributed by atoms with Crippen LogP contribution in [0.15, 0.2) is 79.4 Å². The lowest BCUT2D eigenvalue weighted by molar-refractivity contribution is -0.137. The molecule has 1 fully saturated rings. The monoisotopic (exact) mass is 531 g/mol. The molecule has 1 saturated heterocycles. The van der Waals surface area contributed by atoms with Gasteiger partial charge in [-0.2, -0.15) is 5.10 Å². The quantitative estimate of drug-likeness (QED) is 0.354. The number of likely N-dealkylation sites (tertiary alicyclic amines) is 1. The Hall–Kier alpha value is -4.60. The van der Waals surface area contributed by atoms with Crippen molar-refractivity contribution < 1.29 is 23.1 Å². The number of nitrogens with zero attached hydrogens (tertiary/aromatic N) is 4. The largest absolute Gasteiger partial charge is 0.457 e. The minimum atomic E-state index is -0.679. The highest BCUT2D eigenvalue weighted by atomic mass is 19.1. The Kier molecular flexibility index (Phi) is 7.62. The average Bonchev–Trinajstić information content (AvgIpc) is 3.58. The van der Waals surface area contributed by atoms with E-state index < -0.39 is 6.04 Å². The van der Waals surface area contributed by atoms with E-state index in [-0.39, 0.29) is 35.9 Å². The third-order valence-corrected chi connectivity index (χ3v) is 6.76. The number of halogens is 2. The number of amides is 2. The van der Waals surface area contributed by atoms with Gasteiger partial charge in [0.2, 0.25) is 11.8 Å². The fourth-order valence-electron chi connectivity index (χ4n) is 4.81. The minimum absolute atomic E-state index is 0.0242. The molecule has 8 nitrogen and oxygen atoms in total. The lowest BCUT2D eigenvalue weighted by Gasteiger charge is -2.24. The summed E-state index contributed by atoms with van der Waals surface area (Å²) in [7, 11) is 0. The number of nitrogens with one attached hydrogen (secondary N) is 1. The van der Waals surface area contributed by atoms with Crippen molar-refractivity contribution in [3.63, 3.8) is 0 Å². The zero-order valence-corrected chi connectivity index (χ0v) is 21.3. The molecule has 3 aromatic carbocycles. The number of aromatic nitrogens is 3. The summed E-state index contributed by atoms with van der Waals surface area (Å²) >= 11 is 0. The number of carbonyl (C=O) groups excluding carboxylic acids is 2. The van der Waals surface area contributed by atoms with Gasteiger partial charge in [0.05, 0.1) is 0 Å². The van der Waals surface area contributed by atoms with Crippen molar-refractivity contribution in [1.29, 1.82) is 0 Å². The van der Waals surface area contributed by atoms with Crippen LogP contribution in [0.3, 0.4) is 0 Å². The molecule has 2 unspecified atom stereocenters. The van der Waals surface area contributed by atoms with Crippen LogP contribution in [0.4, 0.5) is 14.5 Å². The van der Waals surface area contributed by atoms with Crippen molar-refractivity contribution >= 4 is 17.5 Å². The summed E-state index contributed by atoms with van der Waals surface area (Å²) in [6.45, 7) is 2.23. The number of benzene rings is 3. The maximum absolute atomic E-state index is 13.6. The van der Waals surface area contributed by atoms with E-state index >= 15 is 0 Å². The molecule has 1 N–H and O–H groups in total. The van der Waals surface area contributed by atoms with Crippen molar-refractivity contribution in [1.82, 2.24) is 19.7 Å². The molecule has 2 heterocycles. The van der Waals surface area contributed by atoms with Crippen molar-refractivity contribution in [2.45, 2.75) is 32.4 Å². The maximum atomic E-state index is 13.6. The molecule has 10 heteroatoms. The molecule has 0 bridgehead atoms. The van der Waals surface area contributed by atoms with Crippen molar-refractivity contribution in [2.75, 3.05) is 11.9 Å². The summed E-state index contributed by atoms with van der Waals surface area (Å²) in [5.41, 5.74) is 2.38. The highest BCUT2D eigenvalue weighted by Crippen LogP contribution is 2.30. The fraction of sp³-hybridized carbons (Fsp3) is 0.241. The first kappa shape index (κ1) is 26.0. The Labute approximate surface area is 224 Å². The summed E-state index contributed by atoms with van der Waals surface area (Å²) in [5.74, 6) is -0.136. The van der Waals surface area contributed by atoms with Gasteiger partial charge in [0.25, 0.3) is 0 Å². The van der Waals surface area contributed by atoms with Crippen molar-refractivity contribution in [2.24, 2.45) is 5.92 Å². The van der Waals surface area contributed by atoms with Crippen LogP contribution in [-0.4, -0.2) is 44.1 Å². The fourth-order valence-corrected chi connectivity index (χ4v) is 4.81. The molecular formula is C29H27F2N5O3. The molecule has 200 valence electrons. The van der Waals surface area contributed by atoms with Gasteiger partial charge in [0, 0.05) is 12.2 Å². The summed E-state index contributed by atoms with van der Waals surface area (Å²) < 4.78 is 33.9. The van der Waals surface area contributed by atoms with Gasteiger partial charge in [0.1, 0.15) is 48.4 Å². The first-order valence-electron chi connectivity index (χ1n) is 12.6. The third-order valence-electron chi connectivity index (χ3n) is 6.76. The number of hydrogen-bond donors (Lipinski definition) is 1. The molecule has 5 rings (SSSR count). The lowest BCUT2D eigenvalue weighted by Crippen LogP contribution is -2.44. The molecule has 4 aromatic rings. The lowest BCUT2D eigenvalue weighted by atomic mass is 9.94. The molecule has 39 heavy (non-hydrogen) atoms. The molecule has 0 radical (unpaired) electrons. The van der Waals surface area contributed by atoms with Gasteiger partial charge < -0.3 is 15.0 Å². The zero-order chi connectivity index (χ0) is 27.4. The Bertz CT molecular complexity index is 1440. The average molecular weight is 532 g/mol. The molecule has 2 amide bonds. The molecule has 0 aliphatic carbocycles. The highest BCUT2D eigenvalue weighted by Gasteiger charge is 2.39. The van der Waals surface area contributed by atoms with E-state index in [4.69, 9.17) is 4.74 Å². The Balaban J connectivity index is 1.28. The van der Waals surface area contributed by atoms with E-state index in [1.54, 1.807) is 35.2 Å². The van der Waals surface area contributed by atoms with Crippen LogP contribution in [0.2, 0.25) is 0 Å². The first-order chi connectivity index (χ1) is 18.8. The summed E-state index contributed by atoms with van der Waals surface area (Å²) in [6, 6.07) is 16.5. The van der Waals surface area contributed by atoms with Crippen LogP contribution in [-0.2, 0) is 22.6 Å². The number of ether oxygens (including phenoxy) is 1. The normalized spacial score (nSPS) is 16.7. The zero-order valence-electron chi connectivity index (χ0n) is 21.3. The van der Waals surface area contributed by atoms with Crippen LogP contribution in [0, 0.1) is 24.5 Å². The SMILES string of the molecule is Cc1cc(F)ccc1CC1CC(C(=O)Nc2ccc(Oc3ccc(F)cc3)cc2)N(C(=O)Cn2cncn2)C1. The molecule has 0 spiro atoms. The van der Waals surface area contributed by atoms with Gasteiger partial charge in [0.15, 0.2) is 0 Å². The molecule has 1 aliphatic heterocycles. The molecule has 1 aliphatic rings. The smallest absolute Gasteiger partial charge is 0.247 e. The van der Waals surface area contributed by atoms with Gasteiger partial charge >= 0.3 is 0 Å². The van der Waals surface area contributed by atoms with Crippen molar-refractivity contribution in [3.8, 4) is 11.5 Å². The standard InChI is InChI=1S/C29H27F2N5O3/c1-19-12-23(31)3-2-21(19)13-20-14-27(36(15-20)28(37)16-35-18-32-17-33-35)29(38)34-24-6-10-26(11-7-24)39-25-8-4-22(30)5-9-25/h2-12,17-18,20,27H,13-16H2,1H3,(H,34,38). The number of carbonyl (C=O) groups is 2. The van der Waals surface area contributed by atoms with Gasteiger partial charge in [-0.15, -0.1) is 0 Å². The summed E-state index contributed by atoms with van der Waals surface area (Å²) in [5, 5.41) is 6.91. The van der Waals surface area contributed by atoms with Gasteiger partial charge in [-0.1, -0.05) is 6.07 Å². The topological polar surface area (TPSA) is 89.4 Å². The van der Waals surface area contributed by atoms with Gasteiger partial charge in [-0.25, -0.2) is 18.4 Å². The Morgan fingerprint density at radius 3 is 2.36 bits per heavy atom. The molecule has 1 aromatic heterocycles. The second-order valence-corrected chi connectivity index (χ2v) is 9.60. The number of hydrogen-bond acceptors (Lipinski definition) is 5. The minimum Gasteiger partial charge on any atom is -0.457 e. The maximum Gasteiger partial charge on any atom is 0.247 e. The highest BCUT2D eigenvalue weighted by molar-refractivity contribution is 5.97. The van der Waals surface area contributed by atoms with Crippen molar-refractivity contribution in [3.05, 3.63) is 102 Å². The summed E-state index contributed by atoms with van der Waals surface area (Å²) in [6.07, 6.45) is 3.90. The van der Waals surface area contributed by atoms with E-state index in [1.165, 1.54) is 53.7 Å². The predicted octanol–water partition coefficient (Wildman–Crippen LogP) is 4.76. The first-order valence-corrected chi connectivity index (χ1v) is 12.6. The third kappa shape index (κ3) is 6.46. The second kappa shape index (κ2) is 11.4. The van der Waals surface area contributed by atoms with Crippen LogP contribution < -0.4 is 10.1 Å². The molecule has 0 saturated carbocycles. The van der Waals surface area contributed by atoms with E-state index in [1.807, 2.05) is 6.92 Å². The number of rotatable bonds is 8. The van der Waals surface area contributed by atoms with E-state index in [9.17, 15) is 18.4 Å². The van der Waals surface area contributed by atoms with Crippen LogP contribution in [0.5, 0.6) is 11.5 Å². The second-order valence-electron chi connectivity index (χ2n) is 9.60. The van der Waals surface area contributed by atoms with Gasteiger partial charge in [-0.3, -0.25) is 9.59 Å². The Morgan fingerprint density at radius 1 is 1.00 bits per heavy atom. The Morgan fingerprint density at radius 2 is 1.69 bits per heavy atom. The van der Waals surface area contributed by atoms with Crippen LogP contribution in [0.1, 0.15) is 17.5 Å². The number of anilines is 1. The van der Waals surface area contributed by atoms with E-state index in [0.29, 0.717) is 36.6 Å².